The Hall–Kier alpha value is -2.83. The van der Waals surface area contributed by atoms with Crippen LogP contribution in [0.15, 0.2) is 46.2 Å². The number of aryl methyl sites for hydroxylation is 1. The lowest BCUT2D eigenvalue weighted by molar-refractivity contribution is -0.139. The van der Waals surface area contributed by atoms with E-state index in [4.69, 9.17) is 15.0 Å². The van der Waals surface area contributed by atoms with Gasteiger partial charge >= 0.3 is 5.97 Å². The van der Waals surface area contributed by atoms with Gasteiger partial charge in [-0.2, -0.15) is 0 Å². The molecule has 31 heavy (non-hydrogen) atoms. The lowest BCUT2D eigenvalue weighted by Crippen LogP contribution is -2.17. The first-order valence-electron chi connectivity index (χ1n) is 9.33. The van der Waals surface area contributed by atoms with Crippen LogP contribution in [0.1, 0.15) is 25.3 Å². The van der Waals surface area contributed by atoms with E-state index in [0.717, 1.165) is 18.9 Å². The SMILES string of the molecule is CCCCNc1ccc(S(N)(=O)=O)cc1NS(=O)(=O)c1ccc(OCC(=O)O)c(C)c1. The molecule has 170 valence electrons. The van der Waals surface area contributed by atoms with Crippen molar-refractivity contribution in [1.82, 2.24) is 0 Å². The third kappa shape index (κ3) is 6.84. The lowest BCUT2D eigenvalue weighted by Gasteiger charge is -2.16. The highest BCUT2D eigenvalue weighted by atomic mass is 32.2. The van der Waals surface area contributed by atoms with Crippen LogP contribution in [0.5, 0.6) is 5.75 Å². The van der Waals surface area contributed by atoms with Crippen LogP contribution in [-0.2, 0) is 24.8 Å². The van der Waals surface area contributed by atoms with Crippen molar-refractivity contribution in [1.29, 1.82) is 0 Å². The number of primary sulfonamides is 1. The average Bonchev–Trinajstić information content (AvgIpc) is 2.67. The standard InChI is InChI=1S/C19H25N3O7S2/c1-3-4-9-21-16-7-5-14(30(20,25)26)11-17(16)22-31(27,28)15-6-8-18(13(2)10-15)29-12-19(23)24/h5-8,10-11,21-22H,3-4,9,12H2,1-2H3,(H,23,24)(H2,20,25,26). The van der Waals surface area contributed by atoms with E-state index in [2.05, 4.69) is 10.0 Å². The van der Waals surface area contributed by atoms with Crippen molar-refractivity contribution in [2.24, 2.45) is 5.14 Å². The number of aliphatic carboxylic acids is 1. The number of nitrogens with one attached hydrogen (secondary N) is 2. The van der Waals surface area contributed by atoms with Gasteiger partial charge in [-0.15, -0.1) is 0 Å². The number of hydrogen-bond donors (Lipinski definition) is 4. The van der Waals surface area contributed by atoms with Crippen LogP contribution in [0.3, 0.4) is 0 Å². The van der Waals surface area contributed by atoms with Crippen molar-refractivity contribution in [2.75, 3.05) is 23.2 Å². The smallest absolute Gasteiger partial charge is 0.341 e. The largest absolute Gasteiger partial charge is 0.482 e. The van der Waals surface area contributed by atoms with Crippen LogP contribution in [-0.4, -0.2) is 41.1 Å². The summed E-state index contributed by atoms with van der Waals surface area (Å²) in [6.07, 6.45) is 1.75. The summed E-state index contributed by atoms with van der Waals surface area (Å²) in [7, 11) is -8.14. The van der Waals surface area contributed by atoms with E-state index >= 15 is 0 Å². The molecule has 0 fully saturated rings. The van der Waals surface area contributed by atoms with Gasteiger partial charge in [-0.25, -0.2) is 26.8 Å². The number of benzene rings is 2. The van der Waals surface area contributed by atoms with Gasteiger partial charge in [0.25, 0.3) is 10.0 Å². The van der Waals surface area contributed by atoms with Gasteiger partial charge < -0.3 is 15.2 Å². The number of nitrogens with two attached hydrogens (primary N) is 1. The predicted molar refractivity (Wildman–Crippen MR) is 116 cm³/mol. The summed E-state index contributed by atoms with van der Waals surface area (Å²) in [6.45, 7) is 3.59. The van der Waals surface area contributed by atoms with Crippen molar-refractivity contribution < 1.29 is 31.5 Å². The molecule has 0 amide bonds. The number of sulfonamides is 2. The monoisotopic (exact) mass is 471 g/mol. The molecular formula is C19H25N3O7S2. The number of rotatable bonds is 11. The Morgan fingerprint density at radius 3 is 2.32 bits per heavy atom. The van der Waals surface area contributed by atoms with Gasteiger partial charge in [-0.3, -0.25) is 4.72 Å². The molecule has 0 aliphatic rings. The molecular weight excluding hydrogens is 446 g/mol. The van der Waals surface area contributed by atoms with E-state index < -0.39 is 32.6 Å². The molecule has 2 rings (SSSR count). The maximum Gasteiger partial charge on any atom is 0.341 e. The molecule has 0 aliphatic heterocycles. The molecule has 0 bridgehead atoms. The maximum atomic E-state index is 12.9. The first-order chi connectivity index (χ1) is 14.4. The van der Waals surface area contributed by atoms with E-state index in [1.165, 1.54) is 30.3 Å². The predicted octanol–water partition coefficient (Wildman–Crippen LogP) is 2.12. The minimum atomic E-state index is -4.10. The summed E-state index contributed by atoms with van der Waals surface area (Å²) < 4.78 is 56.8. The molecule has 0 saturated carbocycles. The number of unbranched alkanes of at least 4 members (excludes halogenated alkanes) is 1. The summed E-state index contributed by atoms with van der Waals surface area (Å²) in [4.78, 5) is 10.3. The van der Waals surface area contributed by atoms with Crippen molar-refractivity contribution >= 4 is 37.4 Å². The number of ether oxygens (including phenoxy) is 1. The Morgan fingerprint density at radius 2 is 1.74 bits per heavy atom. The van der Waals surface area contributed by atoms with Crippen LogP contribution < -0.4 is 19.9 Å². The fourth-order valence-corrected chi connectivity index (χ4v) is 4.33. The van der Waals surface area contributed by atoms with Gasteiger partial charge in [0.1, 0.15) is 5.75 Å². The zero-order valence-electron chi connectivity index (χ0n) is 17.1. The number of carboxylic acids is 1. The molecule has 0 aliphatic carbocycles. The first-order valence-corrected chi connectivity index (χ1v) is 12.4. The lowest BCUT2D eigenvalue weighted by atomic mass is 10.2. The normalized spacial score (nSPS) is 11.7. The molecule has 0 aromatic heterocycles. The molecule has 2 aromatic carbocycles. The Morgan fingerprint density at radius 1 is 1.06 bits per heavy atom. The maximum absolute atomic E-state index is 12.9. The van der Waals surface area contributed by atoms with Crippen LogP contribution in [0.25, 0.3) is 0 Å². The van der Waals surface area contributed by atoms with E-state index in [0.29, 0.717) is 17.8 Å². The first kappa shape index (κ1) is 24.4. The fraction of sp³-hybridized carbons (Fsp3) is 0.316. The van der Waals surface area contributed by atoms with Gasteiger partial charge in [-0.05, 0) is 55.3 Å². The topological polar surface area (TPSA) is 165 Å². The average molecular weight is 472 g/mol. The highest BCUT2D eigenvalue weighted by Crippen LogP contribution is 2.29. The summed E-state index contributed by atoms with van der Waals surface area (Å²) >= 11 is 0. The minimum Gasteiger partial charge on any atom is -0.482 e. The number of hydrogen-bond acceptors (Lipinski definition) is 7. The highest BCUT2D eigenvalue weighted by Gasteiger charge is 2.20. The van der Waals surface area contributed by atoms with Crippen LogP contribution in [0, 0.1) is 6.92 Å². The molecule has 12 heteroatoms. The zero-order chi connectivity index (χ0) is 23.2. The Labute approximate surface area is 181 Å². The van der Waals surface area contributed by atoms with E-state index in [-0.39, 0.29) is 21.2 Å². The Bertz CT molecular complexity index is 1160. The number of carboxylic acid groups (broad SMARTS) is 1. The van der Waals surface area contributed by atoms with Gasteiger partial charge in [0.2, 0.25) is 10.0 Å². The molecule has 10 nitrogen and oxygen atoms in total. The van der Waals surface area contributed by atoms with Crippen LogP contribution >= 0.6 is 0 Å². The van der Waals surface area contributed by atoms with E-state index in [9.17, 15) is 21.6 Å². The summed E-state index contributed by atoms with van der Waals surface area (Å²) in [5.41, 5.74) is 0.859. The highest BCUT2D eigenvalue weighted by molar-refractivity contribution is 7.92. The van der Waals surface area contributed by atoms with Crippen molar-refractivity contribution in [3.63, 3.8) is 0 Å². The van der Waals surface area contributed by atoms with Gasteiger partial charge in [0.15, 0.2) is 6.61 Å². The summed E-state index contributed by atoms with van der Waals surface area (Å²) in [5.74, 6) is -0.921. The molecule has 0 atom stereocenters. The second-order valence-electron chi connectivity index (χ2n) is 6.75. The van der Waals surface area contributed by atoms with E-state index in [1.807, 2.05) is 6.92 Å². The fourth-order valence-electron chi connectivity index (χ4n) is 2.63. The van der Waals surface area contributed by atoms with Gasteiger partial charge in [0.05, 0.1) is 21.2 Å². The molecule has 0 saturated heterocycles. The third-order valence-electron chi connectivity index (χ3n) is 4.22. The van der Waals surface area contributed by atoms with E-state index in [1.54, 1.807) is 6.92 Å². The third-order valence-corrected chi connectivity index (χ3v) is 6.49. The van der Waals surface area contributed by atoms with Crippen molar-refractivity contribution in [3.05, 3.63) is 42.0 Å². The van der Waals surface area contributed by atoms with Crippen molar-refractivity contribution in [3.8, 4) is 5.75 Å². The zero-order valence-corrected chi connectivity index (χ0v) is 18.7. The van der Waals surface area contributed by atoms with Gasteiger partial charge in [-0.1, -0.05) is 13.3 Å². The number of anilines is 2. The second-order valence-corrected chi connectivity index (χ2v) is 9.99. The molecule has 0 heterocycles. The molecule has 0 radical (unpaired) electrons. The van der Waals surface area contributed by atoms with Crippen molar-refractivity contribution in [2.45, 2.75) is 36.5 Å². The van der Waals surface area contributed by atoms with Crippen LogP contribution in [0.2, 0.25) is 0 Å². The summed E-state index contributed by atoms with van der Waals surface area (Å²) in [5, 5.41) is 17.0. The summed E-state index contributed by atoms with van der Waals surface area (Å²) in [6, 6.07) is 7.83. The molecule has 5 N–H and O–H groups in total. The molecule has 0 unspecified atom stereocenters. The molecule has 0 spiro atoms. The van der Waals surface area contributed by atoms with Gasteiger partial charge in [0, 0.05) is 6.54 Å². The van der Waals surface area contributed by atoms with Crippen LogP contribution in [0.4, 0.5) is 11.4 Å². The minimum absolute atomic E-state index is 0.0338. The molecule has 2 aromatic rings. The second kappa shape index (κ2) is 9.98. The number of carbonyl (C=O) groups is 1. The quantitative estimate of drug-likeness (QED) is 0.362. The Kier molecular flexibility index (Phi) is 7.87. The Balaban J connectivity index is 2.38.